The first-order valence-corrected chi connectivity index (χ1v) is 6.55. The third-order valence-electron chi connectivity index (χ3n) is 3.62. The summed E-state index contributed by atoms with van der Waals surface area (Å²) in [5.41, 5.74) is 0. The third-order valence-corrected chi connectivity index (χ3v) is 3.62. The lowest BCUT2D eigenvalue weighted by molar-refractivity contribution is 0.0660. The minimum absolute atomic E-state index is 0.624. The van der Waals surface area contributed by atoms with Crippen LogP contribution in [0.15, 0.2) is 0 Å². The Morgan fingerprint density at radius 3 is 2.88 bits per heavy atom. The third kappa shape index (κ3) is 4.01. The second-order valence-corrected chi connectivity index (χ2v) is 5.13. The lowest BCUT2D eigenvalue weighted by atomic mass is 10.0. The molecule has 0 bridgehead atoms. The first-order valence-electron chi connectivity index (χ1n) is 6.55. The molecule has 2 rings (SSSR count). The summed E-state index contributed by atoms with van der Waals surface area (Å²) in [7, 11) is 2.20. The Hall–Kier alpha value is -0.160. The summed E-state index contributed by atoms with van der Waals surface area (Å²) >= 11 is 0. The van der Waals surface area contributed by atoms with E-state index in [1.165, 1.54) is 25.9 Å². The van der Waals surface area contributed by atoms with E-state index in [-0.39, 0.29) is 0 Å². The molecular weight excluding hydrogens is 202 g/mol. The normalized spacial score (nSPS) is 29.4. The molecule has 0 amide bonds. The van der Waals surface area contributed by atoms with Crippen LogP contribution >= 0.6 is 0 Å². The summed E-state index contributed by atoms with van der Waals surface area (Å²) in [5.74, 6) is 0.829. The van der Waals surface area contributed by atoms with Gasteiger partial charge in [-0.2, -0.15) is 0 Å². The molecule has 2 saturated heterocycles. The fraction of sp³-hybridized carbons (Fsp3) is 1.00. The van der Waals surface area contributed by atoms with Crippen LogP contribution in [-0.2, 0) is 4.74 Å². The minimum Gasteiger partial charge on any atom is -0.381 e. The summed E-state index contributed by atoms with van der Waals surface area (Å²) in [5, 5.41) is 7.16. The van der Waals surface area contributed by atoms with Gasteiger partial charge in [0.15, 0.2) is 0 Å². The van der Waals surface area contributed by atoms with Crippen molar-refractivity contribution in [2.24, 2.45) is 5.92 Å². The van der Waals surface area contributed by atoms with Crippen molar-refractivity contribution in [3.8, 4) is 0 Å². The largest absolute Gasteiger partial charge is 0.381 e. The first kappa shape index (κ1) is 12.3. The number of likely N-dealkylation sites (N-methyl/N-ethyl adjacent to an activating group) is 1. The van der Waals surface area contributed by atoms with Gasteiger partial charge in [-0.1, -0.05) is 0 Å². The molecule has 1 atom stereocenters. The predicted octanol–water partition coefficient (Wildman–Crippen LogP) is -0.0938. The van der Waals surface area contributed by atoms with Crippen LogP contribution in [0.1, 0.15) is 12.8 Å². The number of ether oxygens (including phenoxy) is 1. The highest BCUT2D eigenvalue weighted by Gasteiger charge is 2.17. The highest BCUT2D eigenvalue weighted by molar-refractivity contribution is 4.79. The van der Waals surface area contributed by atoms with E-state index in [0.717, 1.165) is 38.8 Å². The van der Waals surface area contributed by atoms with Crippen LogP contribution in [0.2, 0.25) is 0 Å². The standard InChI is InChI=1S/C12H25N3O/c1-15-5-4-14-12(10-15)9-13-8-11-2-6-16-7-3-11/h11-14H,2-10H2,1H3. The molecule has 2 aliphatic heterocycles. The summed E-state index contributed by atoms with van der Waals surface area (Å²) in [4.78, 5) is 2.40. The second-order valence-electron chi connectivity index (χ2n) is 5.13. The SMILES string of the molecule is CN1CCNC(CNCC2CCOCC2)C1. The average molecular weight is 227 g/mol. The summed E-state index contributed by atoms with van der Waals surface area (Å²) in [6, 6.07) is 0.624. The molecular formula is C12H25N3O. The first-order chi connectivity index (χ1) is 7.84. The van der Waals surface area contributed by atoms with E-state index >= 15 is 0 Å². The van der Waals surface area contributed by atoms with Crippen LogP contribution in [0.25, 0.3) is 0 Å². The molecule has 4 nitrogen and oxygen atoms in total. The van der Waals surface area contributed by atoms with Gasteiger partial charge in [-0.3, -0.25) is 0 Å². The van der Waals surface area contributed by atoms with Crippen molar-refractivity contribution in [3.63, 3.8) is 0 Å². The van der Waals surface area contributed by atoms with Crippen LogP contribution in [0.3, 0.4) is 0 Å². The van der Waals surface area contributed by atoms with Crippen molar-refractivity contribution in [3.05, 3.63) is 0 Å². The zero-order valence-electron chi connectivity index (χ0n) is 10.4. The Bertz CT molecular complexity index is 195. The maximum Gasteiger partial charge on any atom is 0.0469 e. The van der Waals surface area contributed by atoms with Gasteiger partial charge in [-0.15, -0.1) is 0 Å². The summed E-state index contributed by atoms with van der Waals surface area (Å²) in [6.07, 6.45) is 2.45. The van der Waals surface area contributed by atoms with Gasteiger partial charge < -0.3 is 20.3 Å². The zero-order valence-corrected chi connectivity index (χ0v) is 10.4. The molecule has 2 N–H and O–H groups in total. The number of nitrogens with zero attached hydrogens (tertiary/aromatic N) is 1. The predicted molar refractivity (Wildman–Crippen MR) is 65.7 cm³/mol. The Morgan fingerprint density at radius 2 is 2.12 bits per heavy atom. The monoisotopic (exact) mass is 227 g/mol. The second kappa shape index (κ2) is 6.55. The van der Waals surface area contributed by atoms with Crippen molar-refractivity contribution in [1.29, 1.82) is 0 Å². The number of nitrogens with one attached hydrogen (secondary N) is 2. The van der Waals surface area contributed by atoms with Crippen LogP contribution < -0.4 is 10.6 Å². The van der Waals surface area contributed by atoms with Crippen molar-refractivity contribution < 1.29 is 4.74 Å². The van der Waals surface area contributed by atoms with E-state index in [0.29, 0.717) is 6.04 Å². The Balaban J connectivity index is 1.56. The van der Waals surface area contributed by atoms with Gasteiger partial charge in [-0.05, 0) is 32.4 Å². The van der Waals surface area contributed by atoms with Gasteiger partial charge in [0.05, 0.1) is 0 Å². The Kier molecular flexibility index (Phi) is 5.03. The highest BCUT2D eigenvalue weighted by atomic mass is 16.5. The summed E-state index contributed by atoms with van der Waals surface area (Å²) < 4.78 is 5.36. The number of piperazine rings is 1. The zero-order chi connectivity index (χ0) is 11.2. The van der Waals surface area contributed by atoms with Crippen molar-refractivity contribution in [1.82, 2.24) is 15.5 Å². The van der Waals surface area contributed by atoms with E-state index in [2.05, 4.69) is 22.6 Å². The van der Waals surface area contributed by atoms with E-state index < -0.39 is 0 Å². The average Bonchev–Trinajstić information content (AvgIpc) is 2.30. The van der Waals surface area contributed by atoms with Gasteiger partial charge in [0.25, 0.3) is 0 Å². The van der Waals surface area contributed by atoms with Gasteiger partial charge in [0, 0.05) is 45.4 Å². The molecule has 16 heavy (non-hydrogen) atoms. The minimum atomic E-state index is 0.624. The van der Waals surface area contributed by atoms with Gasteiger partial charge in [0.2, 0.25) is 0 Å². The molecule has 2 heterocycles. The van der Waals surface area contributed by atoms with Crippen molar-refractivity contribution in [2.45, 2.75) is 18.9 Å². The maximum absolute atomic E-state index is 5.36. The highest BCUT2D eigenvalue weighted by Crippen LogP contribution is 2.13. The smallest absolute Gasteiger partial charge is 0.0469 e. The maximum atomic E-state index is 5.36. The molecule has 0 aromatic rings. The van der Waals surface area contributed by atoms with Crippen LogP contribution in [0.5, 0.6) is 0 Å². The van der Waals surface area contributed by atoms with Gasteiger partial charge >= 0.3 is 0 Å². The fourth-order valence-electron chi connectivity index (χ4n) is 2.54. The van der Waals surface area contributed by atoms with E-state index in [1.54, 1.807) is 0 Å². The topological polar surface area (TPSA) is 36.5 Å². The lowest BCUT2D eigenvalue weighted by Crippen LogP contribution is -2.53. The van der Waals surface area contributed by atoms with Gasteiger partial charge in [-0.25, -0.2) is 0 Å². The molecule has 0 aliphatic carbocycles. The molecule has 0 spiro atoms. The quantitative estimate of drug-likeness (QED) is 0.703. The molecule has 0 aromatic heterocycles. The van der Waals surface area contributed by atoms with Crippen LogP contribution in [0, 0.1) is 5.92 Å². The molecule has 2 aliphatic rings. The van der Waals surface area contributed by atoms with Crippen molar-refractivity contribution >= 4 is 0 Å². The summed E-state index contributed by atoms with van der Waals surface area (Å²) in [6.45, 7) is 7.64. The number of hydrogen-bond acceptors (Lipinski definition) is 4. The molecule has 0 aromatic carbocycles. The molecule has 1 unspecified atom stereocenters. The molecule has 0 radical (unpaired) electrons. The van der Waals surface area contributed by atoms with Crippen LogP contribution in [0.4, 0.5) is 0 Å². The Labute approximate surface area is 98.7 Å². The van der Waals surface area contributed by atoms with E-state index in [1.807, 2.05) is 0 Å². The number of hydrogen-bond donors (Lipinski definition) is 2. The molecule has 0 saturated carbocycles. The van der Waals surface area contributed by atoms with Crippen molar-refractivity contribution in [2.75, 3.05) is 53.0 Å². The Morgan fingerprint density at radius 1 is 1.31 bits per heavy atom. The van der Waals surface area contributed by atoms with E-state index in [9.17, 15) is 0 Å². The lowest BCUT2D eigenvalue weighted by Gasteiger charge is -2.31. The van der Waals surface area contributed by atoms with Crippen LogP contribution in [-0.4, -0.2) is 63.9 Å². The molecule has 4 heteroatoms. The number of rotatable bonds is 4. The molecule has 94 valence electrons. The fourth-order valence-corrected chi connectivity index (χ4v) is 2.54. The molecule has 2 fully saturated rings. The van der Waals surface area contributed by atoms with E-state index in [4.69, 9.17) is 4.74 Å². The van der Waals surface area contributed by atoms with Gasteiger partial charge in [0.1, 0.15) is 0 Å².